The molecule has 2 aliphatic rings. The fraction of sp³-hybridized carbons (Fsp3) is 0.500. The minimum Gasteiger partial charge on any atom is -0.598 e. The van der Waals surface area contributed by atoms with Gasteiger partial charge < -0.3 is 24.7 Å². The summed E-state index contributed by atoms with van der Waals surface area (Å²) in [5.74, 6) is 1.55. The third kappa shape index (κ3) is 5.63. The first-order chi connectivity index (χ1) is 18.9. The zero-order valence-corrected chi connectivity index (χ0v) is 25.1. The molecule has 0 aliphatic carbocycles. The number of nitrogens with one attached hydrogen (secondary N) is 3. The molecule has 3 atom stereocenters. The number of cyclic esters (lactones) is 1. The standard InChI is InChI=1S/C30H39N5O4S/c1-8-23(35-40(37)29(3,4)5)19-9-11-24(38-18-14-31-15-18)22-16-32-26(13-21(19)22)33-25-12-10-20-27(34-25)17(2)30(6,7)39-28(20)36/h9-13,16-18,23,31,35H,8,14-15H2,1-7H3,(H,32,33,34)/t17?,23-,40?/m1/s1. The fourth-order valence-corrected chi connectivity index (χ4v) is 5.70. The zero-order valence-electron chi connectivity index (χ0n) is 24.3. The van der Waals surface area contributed by atoms with Crippen molar-refractivity contribution in [3.8, 4) is 5.75 Å². The van der Waals surface area contributed by atoms with E-state index < -0.39 is 21.7 Å². The lowest BCUT2D eigenvalue weighted by molar-refractivity contribution is -0.0189. The van der Waals surface area contributed by atoms with Crippen molar-refractivity contribution in [2.45, 2.75) is 83.3 Å². The molecule has 0 saturated carbocycles. The Kier molecular flexibility index (Phi) is 7.73. The Bertz CT molecular complexity index is 1420. The van der Waals surface area contributed by atoms with Crippen molar-refractivity contribution >= 4 is 39.7 Å². The average molecular weight is 566 g/mol. The molecule has 1 saturated heterocycles. The van der Waals surface area contributed by atoms with E-state index >= 15 is 0 Å². The van der Waals surface area contributed by atoms with Crippen LogP contribution in [-0.2, 0) is 16.1 Å². The van der Waals surface area contributed by atoms with Crippen LogP contribution in [0.25, 0.3) is 10.8 Å². The van der Waals surface area contributed by atoms with Crippen molar-refractivity contribution in [2.75, 3.05) is 18.4 Å². The normalized spacial score (nSPS) is 20.3. The van der Waals surface area contributed by atoms with Gasteiger partial charge >= 0.3 is 5.97 Å². The van der Waals surface area contributed by atoms with E-state index in [1.54, 1.807) is 12.1 Å². The predicted octanol–water partition coefficient (Wildman–Crippen LogP) is 5.28. The molecule has 2 aromatic heterocycles. The third-order valence-electron chi connectivity index (χ3n) is 7.73. The first kappa shape index (κ1) is 28.6. The largest absolute Gasteiger partial charge is 0.598 e. The molecular formula is C30H39N5O4S. The Labute approximate surface area is 239 Å². The highest BCUT2D eigenvalue weighted by atomic mass is 32.2. The highest BCUT2D eigenvalue weighted by Gasteiger charge is 2.40. The van der Waals surface area contributed by atoms with Crippen LogP contribution in [-0.4, -0.2) is 50.0 Å². The van der Waals surface area contributed by atoms with Crippen LogP contribution in [0.3, 0.4) is 0 Å². The quantitative estimate of drug-likeness (QED) is 0.247. The van der Waals surface area contributed by atoms with Gasteiger partial charge in [-0.25, -0.2) is 14.8 Å². The van der Waals surface area contributed by atoms with Crippen LogP contribution >= 0.6 is 0 Å². The van der Waals surface area contributed by atoms with Crippen LogP contribution in [0.4, 0.5) is 11.6 Å². The molecule has 4 heterocycles. The van der Waals surface area contributed by atoms with E-state index in [4.69, 9.17) is 19.4 Å². The van der Waals surface area contributed by atoms with Gasteiger partial charge in [-0.15, -0.1) is 4.72 Å². The molecule has 10 heteroatoms. The van der Waals surface area contributed by atoms with Gasteiger partial charge in [0.05, 0.1) is 17.3 Å². The topological polar surface area (TPSA) is 120 Å². The number of nitrogens with zero attached hydrogens (tertiary/aromatic N) is 2. The summed E-state index contributed by atoms with van der Waals surface area (Å²) in [4.78, 5) is 22.0. The van der Waals surface area contributed by atoms with Crippen LogP contribution < -0.4 is 20.1 Å². The van der Waals surface area contributed by atoms with Crippen molar-refractivity contribution in [3.63, 3.8) is 0 Å². The molecule has 0 radical (unpaired) electrons. The number of esters is 1. The molecule has 2 unspecified atom stereocenters. The van der Waals surface area contributed by atoms with Gasteiger partial charge in [-0.1, -0.05) is 19.9 Å². The van der Waals surface area contributed by atoms with Gasteiger partial charge in [0.25, 0.3) is 0 Å². The molecule has 3 aromatic rings. The Hall–Kier alpha value is -2.92. The van der Waals surface area contributed by atoms with Crippen LogP contribution in [0.5, 0.6) is 5.75 Å². The Morgan fingerprint density at radius 2 is 1.95 bits per heavy atom. The lowest BCUT2D eigenvalue weighted by Crippen LogP contribution is -2.50. The van der Waals surface area contributed by atoms with Gasteiger partial charge in [0.15, 0.2) is 0 Å². The van der Waals surface area contributed by atoms with Crippen LogP contribution in [0.15, 0.2) is 36.5 Å². The summed E-state index contributed by atoms with van der Waals surface area (Å²) in [6.07, 6.45) is 2.69. The van der Waals surface area contributed by atoms with E-state index in [0.29, 0.717) is 22.9 Å². The lowest BCUT2D eigenvalue weighted by Gasteiger charge is -2.36. The molecule has 9 nitrogen and oxygen atoms in total. The van der Waals surface area contributed by atoms with Gasteiger partial charge in [-0.3, -0.25) is 0 Å². The second kappa shape index (κ2) is 10.8. The maximum absolute atomic E-state index is 13.0. The van der Waals surface area contributed by atoms with Crippen molar-refractivity contribution < 1.29 is 18.8 Å². The number of aromatic nitrogens is 2. The molecule has 0 spiro atoms. The first-order valence-electron chi connectivity index (χ1n) is 13.9. The van der Waals surface area contributed by atoms with Gasteiger partial charge in [-0.05, 0) is 76.3 Å². The summed E-state index contributed by atoms with van der Waals surface area (Å²) in [6, 6.07) is 9.42. The Morgan fingerprint density at radius 3 is 2.60 bits per heavy atom. The fourth-order valence-electron chi connectivity index (χ4n) is 4.80. The monoisotopic (exact) mass is 565 g/mol. The van der Waals surface area contributed by atoms with Gasteiger partial charge in [-0.2, -0.15) is 0 Å². The number of carbonyl (C=O) groups excluding carboxylic acids is 1. The average Bonchev–Trinajstić information content (AvgIpc) is 2.87. The van der Waals surface area contributed by atoms with E-state index in [-0.39, 0.29) is 24.0 Å². The van der Waals surface area contributed by atoms with Crippen LogP contribution in [0.2, 0.25) is 0 Å². The number of hydrogen-bond acceptors (Lipinski definition) is 9. The first-order valence-corrected chi connectivity index (χ1v) is 15.0. The molecule has 0 bridgehead atoms. The summed E-state index contributed by atoms with van der Waals surface area (Å²) in [7, 11) is 0. The summed E-state index contributed by atoms with van der Waals surface area (Å²) >= 11 is -1.24. The minimum absolute atomic E-state index is 0.0705. The number of pyridine rings is 2. The van der Waals surface area contributed by atoms with Crippen molar-refractivity contribution in [3.05, 3.63) is 53.3 Å². The van der Waals surface area contributed by atoms with Crippen molar-refractivity contribution in [1.82, 2.24) is 20.0 Å². The third-order valence-corrected chi connectivity index (χ3v) is 9.34. The van der Waals surface area contributed by atoms with E-state index in [1.807, 2.05) is 59.9 Å². The summed E-state index contributed by atoms with van der Waals surface area (Å²) < 4.78 is 27.9. The number of fused-ring (bicyclic) bond motifs is 2. The SMILES string of the molecule is CC[C@@H](N[S+]([O-])C(C)(C)C)c1ccc(OC2CNC2)c2cnc(Nc3ccc4c(n3)C(C)C(C)(C)OC4=O)cc12. The van der Waals surface area contributed by atoms with Crippen LogP contribution in [0.1, 0.15) is 88.5 Å². The highest BCUT2D eigenvalue weighted by Crippen LogP contribution is 2.39. The zero-order chi connectivity index (χ0) is 28.8. The minimum atomic E-state index is -1.24. The molecule has 5 rings (SSSR count). The van der Waals surface area contributed by atoms with Crippen molar-refractivity contribution in [1.29, 1.82) is 0 Å². The van der Waals surface area contributed by atoms with E-state index in [9.17, 15) is 9.35 Å². The number of hydrogen-bond donors (Lipinski definition) is 3. The van der Waals surface area contributed by atoms with Crippen LogP contribution in [0, 0.1) is 0 Å². The van der Waals surface area contributed by atoms with E-state index in [2.05, 4.69) is 28.3 Å². The maximum atomic E-state index is 13.0. The van der Waals surface area contributed by atoms with Gasteiger partial charge in [0.1, 0.15) is 33.8 Å². The molecule has 1 fully saturated rings. The molecule has 2 aliphatic heterocycles. The summed E-state index contributed by atoms with van der Waals surface area (Å²) in [5, 5.41) is 8.44. The van der Waals surface area contributed by atoms with E-state index in [1.165, 1.54) is 0 Å². The molecule has 3 N–H and O–H groups in total. The predicted molar refractivity (Wildman–Crippen MR) is 159 cm³/mol. The highest BCUT2D eigenvalue weighted by molar-refractivity contribution is 7.90. The smallest absolute Gasteiger partial charge is 0.340 e. The number of anilines is 2. The molecule has 0 amide bonds. The Balaban J connectivity index is 1.52. The molecular weight excluding hydrogens is 526 g/mol. The number of benzene rings is 1. The van der Waals surface area contributed by atoms with Gasteiger partial charge in [0.2, 0.25) is 0 Å². The molecule has 1 aromatic carbocycles. The Morgan fingerprint density at radius 1 is 1.20 bits per heavy atom. The lowest BCUT2D eigenvalue weighted by atomic mass is 9.84. The second-order valence-corrected chi connectivity index (χ2v) is 14.1. The van der Waals surface area contributed by atoms with Gasteiger partial charge in [0, 0.05) is 42.0 Å². The molecule has 40 heavy (non-hydrogen) atoms. The number of rotatable bonds is 8. The maximum Gasteiger partial charge on any atom is 0.340 e. The number of ether oxygens (including phenoxy) is 2. The number of carbonyl (C=O) groups is 1. The summed E-state index contributed by atoms with van der Waals surface area (Å²) in [6.45, 7) is 15.4. The van der Waals surface area contributed by atoms with Crippen molar-refractivity contribution in [2.24, 2.45) is 0 Å². The summed E-state index contributed by atoms with van der Waals surface area (Å²) in [5.41, 5.74) is 1.57. The molecule has 214 valence electrons. The second-order valence-electron chi connectivity index (χ2n) is 12.1. The van der Waals surface area contributed by atoms with E-state index in [0.717, 1.165) is 41.6 Å².